The summed E-state index contributed by atoms with van der Waals surface area (Å²) in [6.45, 7) is 3.12. The van der Waals surface area contributed by atoms with Crippen LogP contribution in [0.2, 0.25) is 3.43 Å². The molecule has 1 aliphatic rings. The average Bonchev–Trinajstić information content (AvgIpc) is 2.59. The second kappa shape index (κ2) is 10.5. The second-order valence-electron chi connectivity index (χ2n) is 5.73. The maximum atomic E-state index is 12.5. The fourth-order valence-electron chi connectivity index (χ4n) is 2.85. The Morgan fingerprint density at radius 2 is 1.56 bits per heavy atom. The summed E-state index contributed by atoms with van der Waals surface area (Å²) in [5.74, 6) is -4.84. The molecule has 0 spiro atoms. The summed E-state index contributed by atoms with van der Waals surface area (Å²) < 4.78 is 30.6. The van der Waals surface area contributed by atoms with Gasteiger partial charge in [0.05, 0.1) is 0 Å². The van der Waals surface area contributed by atoms with E-state index >= 15 is 0 Å². The van der Waals surface area contributed by atoms with E-state index in [1.54, 1.807) is 0 Å². The zero-order chi connectivity index (χ0) is 20.8. The van der Waals surface area contributed by atoms with E-state index in [1.165, 1.54) is 14.0 Å². The molecule has 1 saturated heterocycles. The number of ether oxygens (including phenoxy) is 6. The summed E-state index contributed by atoms with van der Waals surface area (Å²) in [4.78, 5) is 46.9. The SMILES string of the molecule is COC(=O)[C@]1(OC)O[C@H](COC(C)=O)[C@H](OC(C)=O)[C@H](OC(C)=O)[C@@H]1[Hg][Cl]. The summed E-state index contributed by atoms with van der Waals surface area (Å²) in [5, 5.41) is 0. The Morgan fingerprint density at radius 3 is 1.96 bits per heavy atom. The van der Waals surface area contributed by atoms with Crippen molar-refractivity contribution >= 4 is 32.1 Å². The molecule has 1 aliphatic heterocycles. The van der Waals surface area contributed by atoms with Crippen molar-refractivity contribution in [2.75, 3.05) is 20.8 Å². The van der Waals surface area contributed by atoms with Crippen LogP contribution < -0.4 is 0 Å². The molecule has 1 fully saturated rings. The van der Waals surface area contributed by atoms with Crippen LogP contribution in [0.5, 0.6) is 0 Å². The molecule has 150 valence electrons. The molecule has 10 nitrogen and oxygen atoms in total. The first-order valence-electron chi connectivity index (χ1n) is 7.98. The van der Waals surface area contributed by atoms with E-state index in [0.29, 0.717) is 0 Å². The molecule has 0 radical (unpaired) electrons. The molecule has 0 aromatic rings. The number of carbonyl (C=O) groups excluding carboxylic acids is 4. The summed E-state index contributed by atoms with van der Waals surface area (Å²) in [5.41, 5.74) is 0. The van der Waals surface area contributed by atoms with Crippen LogP contribution in [0, 0.1) is 0 Å². The van der Waals surface area contributed by atoms with Gasteiger partial charge < -0.3 is 0 Å². The molecule has 0 aliphatic carbocycles. The van der Waals surface area contributed by atoms with Gasteiger partial charge in [0.1, 0.15) is 0 Å². The number of rotatable bonds is 7. The monoisotopic (exact) mass is 598 g/mol. The molecule has 0 aromatic heterocycles. The average molecular weight is 597 g/mol. The predicted octanol–water partition coefficient (Wildman–Crippen LogP) is 0.352. The van der Waals surface area contributed by atoms with Gasteiger partial charge in [0.2, 0.25) is 0 Å². The Kier molecular flexibility index (Phi) is 9.39. The molecule has 1 rings (SSSR count). The van der Waals surface area contributed by atoms with Crippen molar-refractivity contribution in [3.63, 3.8) is 0 Å². The van der Waals surface area contributed by atoms with Gasteiger partial charge in [0.15, 0.2) is 0 Å². The van der Waals surface area contributed by atoms with Crippen molar-refractivity contribution in [3.05, 3.63) is 0 Å². The van der Waals surface area contributed by atoms with Crippen molar-refractivity contribution in [2.24, 2.45) is 0 Å². The number of carbonyl (C=O) groups is 4. The molecule has 5 atom stereocenters. The normalized spacial score (nSPS) is 29.9. The molecular weight excluding hydrogens is 576 g/mol. The molecule has 0 bridgehead atoms. The molecule has 12 heteroatoms. The summed E-state index contributed by atoms with van der Waals surface area (Å²) in [6, 6.07) is 0. The van der Waals surface area contributed by atoms with E-state index in [9.17, 15) is 19.2 Å². The quantitative estimate of drug-likeness (QED) is 0.231. The van der Waals surface area contributed by atoms with Crippen LogP contribution in [-0.4, -0.2) is 68.8 Å². The Hall–Kier alpha value is -0.975. The van der Waals surface area contributed by atoms with Crippen molar-refractivity contribution in [3.8, 4) is 0 Å². The van der Waals surface area contributed by atoms with Crippen molar-refractivity contribution in [2.45, 2.75) is 48.3 Å². The third kappa shape index (κ3) is 5.75. The molecule has 0 unspecified atom stereocenters. The van der Waals surface area contributed by atoms with Gasteiger partial charge in [-0.05, 0) is 0 Å². The third-order valence-corrected chi connectivity index (χ3v) is 12.0. The Balaban J connectivity index is 3.45. The maximum absolute atomic E-state index is 12.5. The van der Waals surface area contributed by atoms with Gasteiger partial charge in [-0.2, -0.15) is 0 Å². The minimum absolute atomic E-state index is 0.376. The van der Waals surface area contributed by atoms with E-state index in [-0.39, 0.29) is 6.61 Å². The predicted molar refractivity (Wildman–Crippen MR) is 84.0 cm³/mol. The second-order valence-corrected chi connectivity index (χ2v) is 13.1. The van der Waals surface area contributed by atoms with Crippen LogP contribution >= 0.6 is 8.25 Å². The van der Waals surface area contributed by atoms with Gasteiger partial charge in [0, 0.05) is 0 Å². The zero-order valence-electron chi connectivity index (χ0n) is 15.7. The van der Waals surface area contributed by atoms with Crippen LogP contribution in [-0.2, 0) is 70.9 Å². The van der Waals surface area contributed by atoms with Gasteiger partial charge in [0.25, 0.3) is 0 Å². The van der Waals surface area contributed by atoms with Gasteiger partial charge in [-0.1, -0.05) is 0 Å². The zero-order valence-corrected chi connectivity index (χ0v) is 21.9. The molecule has 27 heavy (non-hydrogen) atoms. The molecule has 0 aromatic carbocycles. The minimum atomic E-state index is -2.50. The molecule has 0 amide bonds. The Morgan fingerprint density at radius 1 is 1.00 bits per heavy atom. The van der Waals surface area contributed by atoms with E-state index < -0.39 is 74.7 Å². The van der Waals surface area contributed by atoms with Gasteiger partial charge in [-0.15, -0.1) is 0 Å². The number of hydrogen-bond donors (Lipinski definition) is 0. The summed E-state index contributed by atoms with van der Waals surface area (Å²) >= 11 is -2.50. The molecular formula is C15H21ClHgO10. The van der Waals surface area contributed by atoms with Crippen LogP contribution in [0.15, 0.2) is 0 Å². The standard InChI is InChI=1S/C15H21O10.ClH.Hg/c1-8(16)22-7-12-13(24-10(3)18)11(23-9(2)17)6-15(21-5,25-12)14(19)20-4;;/h6,11-13H,7H2,1-5H3;1H;/q;;+1/p-1/t11-,12-,13-,15-;;/m1../s1. The van der Waals surface area contributed by atoms with Crippen molar-refractivity contribution in [1.29, 1.82) is 0 Å². The fourth-order valence-corrected chi connectivity index (χ4v) is 10.7. The first kappa shape index (κ1) is 24.1. The first-order valence-corrected chi connectivity index (χ1v) is 17.9. The van der Waals surface area contributed by atoms with Crippen LogP contribution in [0.3, 0.4) is 0 Å². The van der Waals surface area contributed by atoms with E-state index in [0.717, 1.165) is 21.0 Å². The third-order valence-electron chi connectivity index (χ3n) is 3.90. The van der Waals surface area contributed by atoms with Gasteiger partial charge in [-0.3, -0.25) is 0 Å². The number of methoxy groups -OCH3 is 2. The van der Waals surface area contributed by atoms with Crippen molar-refractivity contribution in [1.82, 2.24) is 0 Å². The van der Waals surface area contributed by atoms with E-state index in [4.69, 9.17) is 36.7 Å². The Bertz CT molecular complexity index is 585. The molecule has 0 saturated carbocycles. The van der Waals surface area contributed by atoms with Crippen LogP contribution in [0.4, 0.5) is 0 Å². The van der Waals surface area contributed by atoms with E-state index in [1.807, 2.05) is 0 Å². The van der Waals surface area contributed by atoms with Crippen molar-refractivity contribution < 1.29 is 70.9 Å². The molecule has 1 heterocycles. The van der Waals surface area contributed by atoms with Crippen LogP contribution in [0.25, 0.3) is 0 Å². The Labute approximate surface area is 171 Å². The number of halogens is 1. The van der Waals surface area contributed by atoms with E-state index in [2.05, 4.69) is 0 Å². The van der Waals surface area contributed by atoms with Gasteiger partial charge >= 0.3 is 172 Å². The number of hydrogen-bond acceptors (Lipinski definition) is 10. The van der Waals surface area contributed by atoms with Gasteiger partial charge in [-0.25, -0.2) is 0 Å². The topological polar surface area (TPSA) is 124 Å². The van der Waals surface area contributed by atoms with Crippen LogP contribution in [0.1, 0.15) is 20.8 Å². The molecule has 0 N–H and O–H groups in total. The fraction of sp³-hybridized carbons (Fsp3) is 0.733. The number of esters is 4. The summed E-state index contributed by atoms with van der Waals surface area (Å²) in [6.07, 6.45) is -3.43. The summed E-state index contributed by atoms with van der Waals surface area (Å²) in [7, 11) is 8.58. The first-order chi connectivity index (χ1) is 12.6.